The first-order chi connectivity index (χ1) is 6.77. The summed E-state index contributed by atoms with van der Waals surface area (Å²) < 4.78 is 0. The summed E-state index contributed by atoms with van der Waals surface area (Å²) in [7, 11) is 0. The number of piperazine rings is 1. The molecule has 1 aliphatic rings. The average Bonchev–Trinajstić information content (AvgIpc) is 2.20. The maximum absolute atomic E-state index is 5.68. The summed E-state index contributed by atoms with van der Waals surface area (Å²) in [5.41, 5.74) is 0. The van der Waals surface area contributed by atoms with E-state index < -0.39 is 0 Å². The Morgan fingerprint density at radius 2 is 2.27 bits per heavy atom. The lowest BCUT2D eigenvalue weighted by Gasteiger charge is -2.34. The third-order valence-electron chi connectivity index (χ3n) is 2.41. The second kappa shape index (κ2) is 5.49. The minimum atomic E-state index is 0. The third-order valence-corrected chi connectivity index (χ3v) is 2.62. The number of nitrogens with zero attached hydrogens (tertiary/aromatic N) is 3. The lowest BCUT2D eigenvalue weighted by molar-refractivity contribution is 0.495. The third kappa shape index (κ3) is 2.93. The van der Waals surface area contributed by atoms with Gasteiger partial charge in [0.15, 0.2) is 11.0 Å². The summed E-state index contributed by atoms with van der Waals surface area (Å²) in [4.78, 5) is 2.24. The van der Waals surface area contributed by atoms with Crippen LogP contribution in [-0.2, 0) is 0 Å². The molecule has 2 rings (SSSR count). The van der Waals surface area contributed by atoms with Crippen LogP contribution >= 0.6 is 24.0 Å². The van der Waals surface area contributed by atoms with Gasteiger partial charge in [0, 0.05) is 25.7 Å². The zero-order valence-electron chi connectivity index (χ0n) is 8.48. The summed E-state index contributed by atoms with van der Waals surface area (Å²) in [5, 5.41) is 11.7. The molecule has 0 unspecified atom stereocenters. The van der Waals surface area contributed by atoms with Crippen LogP contribution in [0.5, 0.6) is 0 Å². The molecular formula is C9H14Cl2N4. The van der Waals surface area contributed by atoms with Crippen LogP contribution in [0.3, 0.4) is 0 Å². The molecule has 0 radical (unpaired) electrons. The molecule has 1 atom stereocenters. The van der Waals surface area contributed by atoms with E-state index in [0.717, 1.165) is 25.5 Å². The molecule has 1 N–H and O–H groups in total. The van der Waals surface area contributed by atoms with Crippen molar-refractivity contribution in [3.63, 3.8) is 0 Å². The summed E-state index contributed by atoms with van der Waals surface area (Å²) in [6.07, 6.45) is 0. The molecule has 2 heterocycles. The number of rotatable bonds is 1. The van der Waals surface area contributed by atoms with E-state index in [1.165, 1.54) is 0 Å². The summed E-state index contributed by atoms with van der Waals surface area (Å²) >= 11 is 5.68. The normalized spacial score (nSPS) is 20.9. The predicted octanol–water partition coefficient (Wildman–Crippen LogP) is 1.35. The van der Waals surface area contributed by atoms with Gasteiger partial charge in [-0.2, -0.15) is 0 Å². The smallest absolute Gasteiger partial charge is 0.151 e. The molecule has 0 aromatic carbocycles. The molecule has 84 valence electrons. The highest BCUT2D eigenvalue weighted by molar-refractivity contribution is 6.29. The van der Waals surface area contributed by atoms with E-state index in [-0.39, 0.29) is 12.4 Å². The van der Waals surface area contributed by atoms with E-state index in [1.54, 1.807) is 6.07 Å². The summed E-state index contributed by atoms with van der Waals surface area (Å²) in [6, 6.07) is 4.15. The summed E-state index contributed by atoms with van der Waals surface area (Å²) in [5.74, 6) is 0.906. The molecule has 4 nitrogen and oxygen atoms in total. The van der Waals surface area contributed by atoms with Crippen LogP contribution in [0.1, 0.15) is 6.92 Å². The quantitative estimate of drug-likeness (QED) is 0.815. The highest BCUT2D eigenvalue weighted by Crippen LogP contribution is 2.15. The van der Waals surface area contributed by atoms with E-state index in [4.69, 9.17) is 11.6 Å². The Labute approximate surface area is 100 Å². The van der Waals surface area contributed by atoms with Crippen LogP contribution in [-0.4, -0.2) is 35.9 Å². The zero-order valence-corrected chi connectivity index (χ0v) is 10.1. The second-order valence-corrected chi connectivity index (χ2v) is 3.85. The van der Waals surface area contributed by atoms with E-state index >= 15 is 0 Å². The highest BCUT2D eigenvalue weighted by Gasteiger charge is 2.19. The maximum atomic E-state index is 5.68. The Kier molecular flexibility index (Phi) is 4.57. The molecule has 1 aromatic heterocycles. The lowest BCUT2D eigenvalue weighted by Crippen LogP contribution is -2.50. The standard InChI is InChI=1S/C9H13ClN4.ClH/c1-7-6-11-4-5-14(7)9-3-2-8(10)12-13-9;/h2-3,7,11H,4-6H2,1H3;1H/t7-;/m0./s1. The first-order valence-corrected chi connectivity index (χ1v) is 5.12. The van der Waals surface area contributed by atoms with Gasteiger partial charge < -0.3 is 10.2 Å². The van der Waals surface area contributed by atoms with Crippen molar-refractivity contribution < 1.29 is 0 Å². The molecule has 0 saturated carbocycles. The number of hydrogen-bond donors (Lipinski definition) is 1. The van der Waals surface area contributed by atoms with Gasteiger partial charge in [0.1, 0.15) is 0 Å². The van der Waals surface area contributed by atoms with Crippen LogP contribution in [0.25, 0.3) is 0 Å². The fourth-order valence-corrected chi connectivity index (χ4v) is 1.74. The van der Waals surface area contributed by atoms with Gasteiger partial charge in [-0.25, -0.2) is 0 Å². The Bertz CT molecular complexity index is 303. The van der Waals surface area contributed by atoms with Gasteiger partial charge in [-0.05, 0) is 19.1 Å². The fourth-order valence-electron chi connectivity index (χ4n) is 1.64. The second-order valence-electron chi connectivity index (χ2n) is 3.46. The van der Waals surface area contributed by atoms with E-state index in [9.17, 15) is 0 Å². The van der Waals surface area contributed by atoms with Gasteiger partial charge in [-0.1, -0.05) is 11.6 Å². The first-order valence-electron chi connectivity index (χ1n) is 4.74. The van der Waals surface area contributed by atoms with Gasteiger partial charge >= 0.3 is 0 Å². The molecule has 1 aliphatic heterocycles. The largest absolute Gasteiger partial charge is 0.350 e. The van der Waals surface area contributed by atoms with Crippen LogP contribution in [0.2, 0.25) is 5.15 Å². The number of anilines is 1. The van der Waals surface area contributed by atoms with Crippen molar-refractivity contribution in [3.05, 3.63) is 17.3 Å². The molecule has 1 fully saturated rings. The van der Waals surface area contributed by atoms with Gasteiger partial charge in [0.2, 0.25) is 0 Å². The van der Waals surface area contributed by atoms with Crippen molar-refractivity contribution in [2.75, 3.05) is 24.5 Å². The molecular weight excluding hydrogens is 235 g/mol. The topological polar surface area (TPSA) is 41.0 Å². The van der Waals surface area contributed by atoms with E-state index in [1.807, 2.05) is 6.07 Å². The average molecular weight is 249 g/mol. The van der Waals surface area contributed by atoms with Crippen molar-refractivity contribution in [1.82, 2.24) is 15.5 Å². The summed E-state index contributed by atoms with van der Waals surface area (Å²) in [6.45, 7) is 5.12. The van der Waals surface area contributed by atoms with Crippen molar-refractivity contribution in [3.8, 4) is 0 Å². The highest BCUT2D eigenvalue weighted by atomic mass is 35.5. The van der Waals surface area contributed by atoms with Crippen molar-refractivity contribution in [2.45, 2.75) is 13.0 Å². The van der Waals surface area contributed by atoms with E-state index in [0.29, 0.717) is 11.2 Å². The minimum Gasteiger partial charge on any atom is -0.350 e. The van der Waals surface area contributed by atoms with Gasteiger partial charge in [0.25, 0.3) is 0 Å². The van der Waals surface area contributed by atoms with Gasteiger partial charge in [0.05, 0.1) is 0 Å². The number of nitrogens with one attached hydrogen (secondary N) is 1. The Morgan fingerprint density at radius 1 is 1.47 bits per heavy atom. The Morgan fingerprint density at radius 3 is 2.87 bits per heavy atom. The predicted molar refractivity (Wildman–Crippen MR) is 64.0 cm³/mol. The molecule has 15 heavy (non-hydrogen) atoms. The molecule has 0 amide bonds. The van der Waals surface area contributed by atoms with Crippen molar-refractivity contribution in [2.24, 2.45) is 0 Å². The van der Waals surface area contributed by atoms with Crippen LogP contribution < -0.4 is 10.2 Å². The van der Waals surface area contributed by atoms with E-state index in [2.05, 4.69) is 27.3 Å². The minimum absolute atomic E-state index is 0. The molecule has 1 saturated heterocycles. The Balaban J connectivity index is 0.00000112. The van der Waals surface area contributed by atoms with Crippen LogP contribution in [0, 0.1) is 0 Å². The number of aromatic nitrogens is 2. The molecule has 0 aliphatic carbocycles. The van der Waals surface area contributed by atoms with Crippen LogP contribution in [0.15, 0.2) is 12.1 Å². The molecule has 1 aromatic rings. The van der Waals surface area contributed by atoms with Gasteiger partial charge in [-0.15, -0.1) is 22.6 Å². The van der Waals surface area contributed by atoms with Crippen LogP contribution in [0.4, 0.5) is 5.82 Å². The number of halogens is 2. The van der Waals surface area contributed by atoms with Gasteiger partial charge in [-0.3, -0.25) is 0 Å². The molecule has 6 heteroatoms. The first kappa shape index (κ1) is 12.5. The lowest BCUT2D eigenvalue weighted by atomic mass is 10.2. The van der Waals surface area contributed by atoms with Crippen molar-refractivity contribution >= 4 is 29.8 Å². The Hall–Kier alpha value is -0.580. The SMILES string of the molecule is C[C@H]1CNCCN1c1ccc(Cl)nn1.Cl. The fraction of sp³-hybridized carbons (Fsp3) is 0.556. The molecule has 0 spiro atoms. The van der Waals surface area contributed by atoms with Crippen molar-refractivity contribution in [1.29, 1.82) is 0 Å². The zero-order chi connectivity index (χ0) is 9.97. The number of hydrogen-bond acceptors (Lipinski definition) is 4. The monoisotopic (exact) mass is 248 g/mol. The molecule has 0 bridgehead atoms. The maximum Gasteiger partial charge on any atom is 0.151 e.